The van der Waals surface area contributed by atoms with Crippen molar-refractivity contribution in [3.8, 4) is 0 Å². The Morgan fingerprint density at radius 2 is 1.74 bits per heavy atom. The molecule has 0 atom stereocenters. The lowest BCUT2D eigenvalue weighted by Crippen LogP contribution is -2.07. The van der Waals surface area contributed by atoms with Gasteiger partial charge in [0.15, 0.2) is 5.78 Å². The Kier molecular flexibility index (Phi) is 4.10. The number of rotatable bonds is 3. The van der Waals surface area contributed by atoms with Crippen molar-refractivity contribution in [2.24, 2.45) is 0 Å². The summed E-state index contributed by atoms with van der Waals surface area (Å²) in [6.07, 6.45) is 0.0538. The molecular weight excluding hydrogens is 314 g/mol. The lowest BCUT2D eigenvalue weighted by molar-refractivity contribution is 0.0988. The topological polar surface area (TPSA) is 17.1 Å². The maximum absolute atomic E-state index is 13.6. The van der Waals surface area contributed by atoms with Crippen molar-refractivity contribution < 1.29 is 13.6 Å². The predicted octanol–water partition coefficient (Wildman–Crippen LogP) is 4.46. The Bertz CT molecular complexity index is 621. The van der Waals surface area contributed by atoms with E-state index in [0.717, 1.165) is 23.3 Å². The zero-order valence-electron chi connectivity index (χ0n) is 10.2. The molecule has 0 aromatic heterocycles. The summed E-state index contributed by atoms with van der Waals surface area (Å²) in [7, 11) is 0. The Morgan fingerprint density at radius 1 is 1.11 bits per heavy atom. The second-order valence-electron chi connectivity index (χ2n) is 4.33. The quantitative estimate of drug-likeness (QED) is 0.601. The monoisotopic (exact) mass is 324 g/mol. The van der Waals surface area contributed by atoms with Crippen LogP contribution in [0, 0.1) is 18.6 Å². The zero-order chi connectivity index (χ0) is 14.0. The first-order valence-corrected chi connectivity index (χ1v) is 6.50. The number of carbonyl (C=O) groups is 1. The van der Waals surface area contributed by atoms with Crippen LogP contribution in [0.4, 0.5) is 8.78 Å². The standard InChI is InChI=1S/C15H11BrF2O/c1-9-2-4-10(5-3-9)6-15(19)11-7-14(18)12(16)8-13(11)17/h2-5,7-8H,6H2,1H3. The van der Waals surface area contributed by atoms with Gasteiger partial charge in [-0.3, -0.25) is 4.79 Å². The van der Waals surface area contributed by atoms with Crippen LogP contribution < -0.4 is 0 Å². The second-order valence-corrected chi connectivity index (χ2v) is 5.19. The highest BCUT2D eigenvalue weighted by molar-refractivity contribution is 9.10. The summed E-state index contributed by atoms with van der Waals surface area (Å²) >= 11 is 2.88. The van der Waals surface area contributed by atoms with Gasteiger partial charge in [0, 0.05) is 6.42 Å². The van der Waals surface area contributed by atoms with Crippen LogP contribution in [0.3, 0.4) is 0 Å². The summed E-state index contributed by atoms with van der Waals surface area (Å²) in [5.74, 6) is -1.80. The fourth-order valence-electron chi connectivity index (χ4n) is 1.72. The molecule has 98 valence electrons. The lowest BCUT2D eigenvalue weighted by Gasteiger charge is -2.05. The van der Waals surface area contributed by atoms with Gasteiger partial charge in [-0.25, -0.2) is 8.78 Å². The minimum atomic E-state index is -0.717. The SMILES string of the molecule is Cc1ccc(CC(=O)c2cc(F)c(Br)cc2F)cc1. The summed E-state index contributed by atoms with van der Waals surface area (Å²) < 4.78 is 27.0. The molecule has 0 fully saturated rings. The van der Waals surface area contributed by atoms with E-state index < -0.39 is 17.4 Å². The number of halogens is 3. The van der Waals surface area contributed by atoms with Crippen LogP contribution in [0.5, 0.6) is 0 Å². The normalized spacial score (nSPS) is 10.5. The van der Waals surface area contributed by atoms with Gasteiger partial charge in [-0.1, -0.05) is 29.8 Å². The van der Waals surface area contributed by atoms with Crippen molar-refractivity contribution >= 4 is 21.7 Å². The molecule has 4 heteroatoms. The summed E-state index contributed by atoms with van der Waals surface area (Å²) in [6.45, 7) is 1.94. The number of carbonyl (C=O) groups excluding carboxylic acids is 1. The molecule has 2 rings (SSSR count). The van der Waals surface area contributed by atoms with E-state index in [2.05, 4.69) is 15.9 Å². The average Bonchev–Trinajstić information content (AvgIpc) is 2.36. The minimum absolute atomic E-state index is 0.0110. The average molecular weight is 325 g/mol. The molecule has 2 aromatic carbocycles. The molecule has 0 N–H and O–H groups in total. The first kappa shape index (κ1) is 13.9. The van der Waals surface area contributed by atoms with Gasteiger partial charge in [0.2, 0.25) is 0 Å². The number of aryl methyl sites for hydroxylation is 1. The molecule has 0 amide bonds. The zero-order valence-corrected chi connectivity index (χ0v) is 11.8. The van der Waals surface area contributed by atoms with Crippen LogP contribution in [0.1, 0.15) is 21.5 Å². The van der Waals surface area contributed by atoms with Crippen molar-refractivity contribution in [1.82, 2.24) is 0 Å². The summed E-state index contributed by atoms with van der Waals surface area (Å²) in [4.78, 5) is 12.0. The molecule has 19 heavy (non-hydrogen) atoms. The Hall–Kier alpha value is -1.55. The molecule has 0 aliphatic carbocycles. The van der Waals surface area contributed by atoms with Crippen molar-refractivity contribution in [2.45, 2.75) is 13.3 Å². The largest absolute Gasteiger partial charge is 0.294 e. The molecule has 0 heterocycles. The Morgan fingerprint density at radius 3 is 2.37 bits per heavy atom. The van der Waals surface area contributed by atoms with Crippen molar-refractivity contribution in [3.05, 3.63) is 69.2 Å². The van der Waals surface area contributed by atoms with E-state index in [9.17, 15) is 13.6 Å². The molecule has 0 aliphatic rings. The highest BCUT2D eigenvalue weighted by Gasteiger charge is 2.15. The predicted molar refractivity (Wildman–Crippen MR) is 73.3 cm³/mol. The van der Waals surface area contributed by atoms with Gasteiger partial charge in [0.1, 0.15) is 11.6 Å². The fraction of sp³-hybridized carbons (Fsp3) is 0.133. The van der Waals surface area contributed by atoms with Crippen molar-refractivity contribution in [3.63, 3.8) is 0 Å². The van der Waals surface area contributed by atoms with Gasteiger partial charge in [0.05, 0.1) is 10.0 Å². The first-order valence-electron chi connectivity index (χ1n) is 5.70. The minimum Gasteiger partial charge on any atom is -0.294 e. The molecule has 0 bridgehead atoms. The van der Waals surface area contributed by atoms with Crippen LogP contribution in [-0.2, 0) is 6.42 Å². The summed E-state index contributed by atoms with van der Waals surface area (Å²) in [6, 6.07) is 9.26. The van der Waals surface area contributed by atoms with Gasteiger partial charge in [-0.2, -0.15) is 0 Å². The molecule has 0 radical (unpaired) electrons. The molecule has 1 nitrogen and oxygen atoms in total. The van der Waals surface area contributed by atoms with Crippen molar-refractivity contribution in [1.29, 1.82) is 0 Å². The molecule has 0 saturated carbocycles. The summed E-state index contributed by atoms with van der Waals surface area (Å²) in [5, 5.41) is 0. The van der Waals surface area contributed by atoms with Gasteiger partial charge < -0.3 is 0 Å². The lowest BCUT2D eigenvalue weighted by atomic mass is 10.0. The highest BCUT2D eigenvalue weighted by atomic mass is 79.9. The van der Waals surface area contributed by atoms with E-state index in [0.29, 0.717) is 0 Å². The fourth-order valence-corrected chi connectivity index (χ4v) is 2.04. The van der Waals surface area contributed by atoms with Gasteiger partial charge in [0.25, 0.3) is 0 Å². The maximum Gasteiger partial charge on any atom is 0.170 e. The number of hydrogen-bond acceptors (Lipinski definition) is 1. The molecule has 2 aromatic rings. The Balaban J connectivity index is 2.25. The first-order chi connectivity index (χ1) is 8.97. The third-order valence-corrected chi connectivity index (χ3v) is 3.40. The number of hydrogen-bond donors (Lipinski definition) is 0. The number of ketones is 1. The number of benzene rings is 2. The molecule has 0 aliphatic heterocycles. The van der Waals surface area contributed by atoms with E-state index >= 15 is 0 Å². The second kappa shape index (κ2) is 5.61. The molecule has 0 unspecified atom stereocenters. The van der Waals surface area contributed by atoms with Crippen LogP contribution in [0.25, 0.3) is 0 Å². The molecule has 0 spiro atoms. The highest BCUT2D eigenvalue weighted by Crippen LogP contribution is 2.21. The van der Waals surface area contributed by atoms with Crippen LogP contribution in [0.15, 0.2) is 40.9 Å². The van der Waals surface area contributed by atoms with E-state index in [1.165, 1.54) is 0 Å². The van der Waals surface area contributed by atoms with Gasteiger partial charge in [-0.15, -0.1) is 0 Å². The van der Waals surface area contributed by atoms with Crippen LogP contribution in [0.2, 0.25) is 0 Å². The third-order valence-electron chi connectivity index (χ3n) is 2.80. The van der Waals surface area contributed by atoms with Crippen molar-refractivity contribution in [2.75, 3.05) is 0 Å². The van der Waals surface area contributed by atoms with E-state index in [-0.39, 0.29) is 16.5 Å². The van der Waals surface area contributed by atoms with Crippen LogP contribution in [-0.4, -0.2) is 5.78 Å². The van der Waals surface area contributed by atoms with E-state index in [4.69, 9.17) is 0 Å². The van der Waals surface area contributed by atoms with Gasteiger partial charge in [-0.05, 0) is 40.5 Å². The maximum atomic E-state index is 13.6. The summed E-state index contributed by atoms with van der Waals surface area (Å²) in [5.41, 5.74) is 1.64. The molecule has 0 saturated heterocycles. The Labute approximate surface area is 118 Å². The third kappa shape index (κ3) is 3.26. The smallest absolute Gasteiger partial charge is 0.170 e. The van der Waals surface area contributed by atoms with Crippen LogP contribution >= 0.6 is 15.9 Å². The van der Waals surface area contributed by atoms with E-state index in [1.54, 1.807) is 12.1 Å². The number of Topliss-reactive ketones (excluding diaryl/α,β-unsaturated/α-hetero) is 1. The van der Waals surface area contributed by atoms with Gasteiger partial charge >= 0.3 is 0 Å². The van der Waals surface area contributed by atoms with E-state index in [1.807, 2.05) is 19.1 Å². The molecular formula is C15H11BrF2O.